The number of hydrogen-bond acceptors (Lipinski definition) is 1. The van der Waals surface area contributed by atoms with Crippen molar-refractivity contribution in [3.8, 4) is 0 Å². The van der Waals surface area contributed by atoms with Crippen LogP contribution in [0.5, 0.6) is 0 Å². The molecule has 0 saturated heterocycles. The molecule has 1 aromatic carbocycles. The Labute approximate surface area is 110 Å². The topological polar surface area (TPSA) is 29.4 Å². The van der Waals surface area contributed by atoms with Crippen LogP contribution in [-0.2, 0) is 17.4 Å². The van der Waals surface area contributed by atoms with Crippen LogP contribution in [0.15, 0.2) is 22.6 Å². The fraction of sp³-hybridized carbons (Fsp3) is 0.500. The Bertz CT molecular complexity index is 517. The third kappa shape index (κ3) is 2.86. The van der Waals surface area contributed by atoms with Crippen molar-refractivity contribution in [1.29, 1.82) is 0 Å². The second kappa shape index (κ2) is 4.92. The summed E-state index contributed by atoms with van der Waals surface area (Å²) in [6.07, 6.45) is 2.63. The lowest BCUT2D eigenvalue weighted by Gasteiger charge is -2.20. The van der Waals surface area contributed by atoms with Crippen molar-refractivity contribution < 1.29 is 8.60 Å². The molecule has 1 aromatic rings. The smallest absolute Gasteiger partial charge is 0.145 e. The minimum Gasteiger partial charge on any atom is -0.234 e. The highest BCUT2D eigenvalue weighted by Crippen LogP contribution is 2.24. The van der Waals surface area contributed by atoms with E-state index in [0.29, 0.717) is 0 Å². The molecule has 0 unspecified atom stereocenters. The highest BCUT2D eigenvalue weighted by Gasteiger charge is 2.22. The molecule has 1 aliphatic rings. The molecule has 2 nitrogen and oxygen atoms in total. The summed E-state index contributed by atoms with van der Waals surface area (Å²) in [5.74, 6) is -0.216. The first kappa shape index (κ1) is 13.4. The van der Waals surface area contributed by atoms with Crippen molar-refractivity contribution in [1.82, 2.24) is 0 Å². The van der Waals surface area contributed by atoms with Crippen molar-refractivity contribution in [3.05, 3.63) is 35.1 Å². The van der Waals surface area contributed by atoms with Gasteiger partial charge in [0, 0.05) is 5.56 Å². The van der Waals surface area contributed by atoms with Crippen LogP contribution in [0.25, 0.3) is 0 Å². The van der Waals surface area contributed by atoms with Gasteiger partial charge in [-0.3, -0.25) is 0 Å². The fourth-order valence-corrected chi connectivity index (χ4v) is 2.63. The summed E-state index contributed by atoms with van der Waals surface area (Å²) in [6, 6.07) is 4.76. The largest absolute Gasteiger partial charge is 0.234 e. The maximum absolute atomic E-state index is 13.2. The highest BCUT2D eigenvalue weighted by atomic mass is 32.2. The first-order valence-electron chi connectivity index (χ1n) is 6.16. The zero-order valence-corrected chi connectivity index (χ0v) is 11.8. The molecule has 0 saturated carbocycles. The van der Waals surface area contributed by atoms with Gasteiger partial charge in [-0.25, -0.2) is 8.60 Å². The molecule has 0 N–H and O–H groups in total. The molecular weight excluding hydrogens is 249 g/mol. The molecule has 18 heavy (non-hydrogen) atoms. The fourth-order valence-electron chi connectivity index (χ4n) is 1.96. The van der Waals surface area contributed by atoms with Gasteiger partial charge in [-0.1, -0.05) is 0 Å². The Kier molecular flexibility index (Phi) is 3.66. The number of halogens is 1. The standard InChI is InChI=1S/C14H18FNOS/c1-14(2,3)18(17)16-13-6-4-5-10-9-11(15)7-8-12(10)13/h7-9H,4-6H2,1-3H3/b16-13+/t18-/m0/s1. The van der Waals surface area contributed by atoms with Gasteiger partial charge in [0.25, 0.3) is 0 Å². The zero-order valence-electron chi connectivity index (χ0n) is 11.0. The minimum atomic E-state index is -1.25. The molecule has 1 atom stereocenters. The Hall–Kier alpha value is -1.03. The van der Waals surface area contributed by atoms with Crippen molar-refractivity contribution in [2.45, 2.75) is 44.8 Å². The van der Waals surface area contributed by atoms with E-state index >= 15 is 0 Å². The second-order valence-electron chi connectivity index (χ2n) is 5.55. The first-order chi connectivity index (χ1) is 8.38. The Morgan fingerprint density at radius 1 is 1.28 bits per heavy atom. The number of hydrogen-bond donors (Lipinski definition) is 0. The highest BCUT2D eigenvalue weighted by molar-refractivity contribution is 7.85. The average molecular weight is 267 g/mol. The molecule has 0 aliphatic heterocycles. The summed E-state index contributed by atoms with van der Waals surface area (Å²) in [5.41, 5.74) is 2.79. The maximum Gasteiger partial charge on any atom is 0.145 e. The van der Waals surface area contributed by atoms with E-state index in [1.807, 2.05) is 20.8 Å². The van der Waals surface area contributed by atoms with Crippen molar-refractivity contribution in [2.75, 3.05) is 0 Å². The zero-order chi connectivity index (χ0) is 13.3. The van der Waals surface area contributed by atoms with E-state index in [-0.39, 0.29) is 10.6 Å². The van der Waals surface area contributed by atoms with E-state index in [1.165, 1.54) is 6.07 Å². The molecule has 0 fully saturated rings. The van der Waals surface area contributed by atoms with Gasteiger partial charge < -0.3 is 0 Å². The van der Waals surface area contributed by atoms with Gasteiger partial charge in [0.15, 0.2) is 0 Å². The van der Waals surface area contributed by atoms with Gasteiger partial charge in [-0.15, -0.1) is 0 Å². The molecular formula is C14H18FNOS. The number of benzene rings is 1. The van der Waals surface area contributed by atoms with E-state index < -0.39 is 11.0 Å². The molecule has 98 valence electrons. The minimum absolute atomic E-state index is 0.216. The van der Waals surface area contributed by atoms with Gasteiger partial charge in [0.1, 0.15) is 16.8 Å². The summed E-state index contributed by atoms with van der Waals surface area (Å²) >= 11 is 0. The quantitative estimate of drug-likeness (QED) is 0.766. The SMILES string of the molecule is CC(C)(C)[S@](=O)/N=C1\CCCc2cc(F)ccc21. The third-order valence-electron chi connectivity index (χ3n) is 2.95. The van der Waals surface area contributed by atoms with E-state index in [1.54, 1.807) is 12.1 Å². The van der Waals surface area contributed by atoms with Crippen LogP contribution in [0.4, 0.5) is 4.39 Å². The molecule has 4 heteroatoms. The Morgan fingerprint density at radius 3 is 2.67 bits per heavy atom. The molecule has 0 heterocycles. The predicted molar refractivity (Wildman–Crippen MR) is 73.8 cm³/mol. The van der Waals surface area contributed by atoms with Gasteiger partial charge in [-0.2, -0.15) is 4.40 Å². The van der Waals surface area contributed by atoms with Crippen molar-refractivity contribution in [3.63, 3.8) is 0 Å². The maximum atomic E-state index is 13.2. The van der Waals surface area contributed by atoms with E-state index in [2.05, 4.69) is 4.40 Å². The lowest BCUT2D eigenvalue weighted by Crippen LogP contribution is -2.22. The van der Waals surface area contributed by atoms with Crippen LogP contribution in [0.3, 0.4) is 0 Å². The van der Waals surface area contributed by atoms with Crippen LogP contribution < -0.4 is 0 Å². The lowest BCUT2D eigenvalue weighted by atomic mass is 9.90. The molecule has 1 aliphatic carbocycles. The molecule has 2 rings (SSSR count). The normalized spacial score (nSPS) is 19.7. The summed E-state index contributed by atoms with van der Waals surface area (Å²) in [5, 5.41) is 0. The summed E-state index contributed by atoms with van der Waals surface area (Å²) in [4.78, 5) is 0. The van der Waals surface area contributed by atoms with Gasteiger partial charge in [0.05, 0.1) is 10.5 Å². The van der Waals surface area contributed by atoms with Gasteiger partial charge in [-0.05, 0) is 63.8 Å². The van der Waals surface area contributed by atoms with Crippen LogP contribution in [0.2, 0.25) is 0 Å². The average Bonchev–Trinajstić information content (AvgIpc) is 2.27. The number of rotatable bonds is 1. The van der Waals surface area contributed by atoms with Crippen LogP contribution >= 0.6 is 0 Å². The number of nitrogens with zero attached hydrogens (tertiary/aromatic N) is 1. The molecule has 0 aromatic heterocycles. The van der Waals surface area contributed by atoms with Gasteiger partial charge in [0.2, 0.25) is 0 Å². The van der Waals surface area contributed by atoms with Gasteiger partial charge >= 0.3 is 0 Å². The monoisotopic (exact) mass is 267 g/mol. The Balaban J connectivity index is 2.39. The lowest BCUT2D eigenvalue weighted by molar-refractivity contribution is 0.623. The van der Waals surface area contributed by atoms with E-state index in [0.717, 1.165) is 36.1 Å². The van der Waals surface area contributed by atoms with Crippen LogP contribution in [-0.4, -0.2) is 14.7 Å². The van der Waals surface area contributed by atoms with E-state index in [9.17, 15) is 8.60 Å². The van der Waals surface area contributed by atoms with Crippen molar-refractivity contribution >= 4 is 16.7 Å². The molecule has 0 spiro atoms. The summed E-state index contributed by atoms with van der Waals surface area (Å²) in [7, 11) is -1.25. The summed E-state index contributed by atoms with van der Waals surface area (Å²) in [6.45, 7) is 5.71. The Morgan fingerprint density at radius 2 is 2.00 bits per heavy atom. The van der Waals surface area contributed by atoms with Crippen LogP contribution in [0.1, 0.15) is 44.7 Å². The van der Waals surface area contributed by atoms with Crippen LogP contribution in [0, 0.1) is 5.82 Å². The number of fused-ring (bicyclic) bond motifs is 1. The van der Waals surface area contributed by atoms with Crippen molar-refractivity contribution in [2.24, 2.45) is 4.40 Å². The number of aryl methyl sites for hydroxylation is 1. The second-order valence-corrected chi connectivity index (χ2v) is 7.46. The molecule has 0 bridgehead atoms. The molecule has 0 radical (unpaired) electrons. The third-order valence-corrected chi connectivity index (χ3v) is 4.39. The predicted octanol–water partition coefficient (Wildman–Crippen LogP) is 3.41. The molecule has 0 amide bonds. The summed E-state index contributed by atoms with van der Waals surface area (Å²) < 4.78 is 29.2. The first-order valence-corrected chi connectivity index (χ1v) is 7.27. The van der Waals surface area contributed by atoms with E-state index in [4.69, 9.17) is 0 Å².